The molecule has 1 aliphatic heterocycles. The van der Waals surface area contributed by atoms with E-state index in [-0.39, 0.29) is 0 Å². The van der Waals surface area contributed by atoms with Gasteiger partial charge in [0.15, 0.2) is 0 Å². The van der Waals surface area contributed by atoms with Gasteiger partial charge in [-0.3, -0.25) is 0 Å². The van der Waals surface area contributed by atoms with Crippen molar-refractivity contribution >= 4 is 5.82 Å². The van der Waals surface area contributed by atoms with Crippen molar-refractivity contribution < 1.29 is 4.74 Å². The van der Waals surface area contributed by atoms with Crippen LogP contribution in [0.2, 0.25) is 0 Å². The smallest absolute Gasteiger partial charge is 0.132 e. The van der Waals surface area contributed by atoms with Crippen molar-refractivity contribution in [1.29, 1.82) is 0 Å². The Morgan fingerprint density at radius 2 is 2.54 bits per heavy atom. The molecule has 0 aliphatic carbocycles. The predicted octanol–water partition coefficient (Wildman–Crippen LogP) is 0.702. The molecule has 70 valence electrons. The molecular formula is C9H13N3O. The highest BCUT2D eigenvalue weighted by Gasteiger charge is 2.19. The summed E-state index contributed by atoms with van der Waals surface area (Å²) in [6, 6.07) is 2.34. The third-order valence-electron chi connectivity index (χ3n) is 2.23. The Morgan fingerprint density at radius 1 is 1.62 bits per heavy atom. The predicted molar refractivity (Wildman–Crippen MR) is 49.7 cm³/mol. The molecule has 4 nitrogen and oxygen atoms in total. The van der Waals surface area contributed by atoms with Crippen LogP contribution < -0.4 is 4.90 Å². The monoisotopic (exact) mass is 179 g/mol. The first kappa shape index (κ1) is 8.44. The largest absolute Gasteiger partial charge is 0.377 e. The van der Waals surface area contributed by atoms with Crippen LogP contribution in [0.25, 0.3) is 0 Å². The van der Waals surface area contributed by atoms with Crippen LogP contribution in [0.1, 0.15) is 6.92 Å². The maximum Gasteiger partial charge on any atom is 0.132 e. The van der Waals surface area contributed by atoms with Gasteiger partial charge in [-0.25, -0.2) is 9.97 Å². The molecular weight excluding hydrogens is 166 g/mol. The van der Waals surface area contributed by atoms with E-state index in [2.05, 4.69) is 21.8 Å². The van der Waals surface area contributed by atoms with E-state index in [1.54, 1.807) is 12.5 Å². The van der Waals surface area contributed by atoms with E-state index in [0.29, 0.717) is 6.04 Å². The molecule has 1 fully saturated rings. The molecule has 0 bridgehead atoms. The van der Waals surface area contributed by atoms with Crippen LogP contribution in [0.4, 0.5) is 5.82 Å². The van der Waals surface area contributed by atoms with Crippen LogP contribution in [0, 0.1) is 0 Å². The molecule has 1 saturated heterocycles. The first-order chi connectivity index (χ1) is 6.38. The number of anilines is 1. The molecule has 1 atom stereocenters. The summed E-state index contributed by atoms with van der Waals surface area (Å²) in [5, 5.41) is 0. The number of rotatable bonds is 1. The zero-order chi connectivity index (χ0) is 9.10. The lowest BCUT2D eigenvalue weighted by atomic mass is 10.2. The van der Waals surface area contributed by atoms with Crippen molar-refractivity contribution in [3.8, 4) is 0 Å². The Bertz CT molecular complexity index is 265. The Kier molecular flexibility index (Phi) is 2.40. The fraction of sp³-hybridized carbons (Fsp3) is 0.556. The lowest BCUT2D eigenvalue weighted by Gasteiger charge is -2.33. The molecule has 13 heavy (non-hydrogen) atoms. The van der Waals surface area contributed by atoms with Crippen LogP contribution >= 0.6 is 0 Å². The van der Waals surface area contributed by atoms with Crippen molar-refractivity contribution in [3.05, 3.63) is 18.6 Å². The SMILES string of the molecule is C[C@H]1COCCN1c1ccncn1. The first-order valence-corrected chi connectivity index (χ1v) is 4.48. The van der Waals surface area contributed by atoms with E-state index in [1.807, 2.05) is 6.07 Å². The van der Waals surface area contributed by atoms with Gasteiger partial charge in [0.05, 0.1) is 19.3 Å². The standard InChI is InChI=1S/C9H13N3O/c1-8-6-13-5-4-12(8)9-2-3-10-7-11-9/h2-3,7-8H,4-6H2,1H3/t8-/m0/s1. The zero-order valence-corrected chi connectivity index (χ0v) is 7.68. The third kappa shape index (κ3) is 1.78. The maximum atomic E-state index is 5.35. The molecule has 1 aliphatic rings. The van der Waals surface area contributed by atoms with E-state index in [0.717, 1.165) is 25.6 Å². The summed E-state index contributed by atoms with van der Waals surface area (Å²) in [4.78, 5) is 10.3. The molecule has 4 heteroatoms. The first-order valence-electron chi connectivity index (χ1n) is 4.48. The molecule has 0 saturated carbocycles. The molecule has 0 aromatic carbocycles. The highest BCUT2D eigenvalue weighted by molar-refractivity contribution is 5.38. The Hall–Kier alpha value is -1.16. The van der Waals surface area contributed by atoms with E-state index >= 15 is 0 Å². The topological polar surface area (TPSA) is 38.2 Å². The number of morpholine rings is 1. The highest BCUT2D eigenvalue weighted by Crippen LogP contribution is 2.14. The molecule has 1 aromatic heterocycles. The molecule has 0 unspecified atom stereocenters. The summed E-state index contributed by atoms with van der Waals surface area (Å²) in [6.07, 6.45) is 3.35. The molecule has 2 heterocycles. The van der Waals surface area contributed by atoms with Gasteiger partial charge in [0.1, 0.15) is 12.1 Å². The van der Waals surface area contributed by atoms with Gasteiger partial charge in [-0.2, -0.15) is 0 Å². The molecule has 0 spiro atoms. The summed E-state index contributed by atoms with van der Waals surface area (Å²) in [5.41, 5.74) is 0. The van der Waals surface area contributed by atoms with E-state index in [1.165, 1.54) is 0 Å². The average molecular weight is 179 g/mol. The van der Waals surface area contributed by atoms with Crippen molar-refractivity contribution in [2.45, 2.75) is 13.0 Å². The normalized spacial score (nSPS) is 23.2. The van der Waals surface area contributed by atoms with Gasteiger partial charge >= 0.3 is 0 Å². The molecule has 0 N–H and O–H groups in total. The molecule has 0 radical (unpaired) electrons. The summed E-state index contributed by atoms with van der Waals surface area (Å²) in [5.74, 6) is 0.991. The molecule has 0 amide bonds. The van der Waals surface area contributed by atoms with Gasteiger partial charge in [0.2, 0.25) is 0 Å². The van der Waals surface area contributed by atoms with Gasteiger partial charge in [0.25, 0.3) is 0 Å². The van der Waals surface area contributed by atoms with Gasteiger partial charge in [-0.1, -0.05) is 0 Å². The lowest BCUT2D eigenvalue weighted by molar-refractivity contribution is 0.0985. The summed E-state index contributed by atoms with van der Waals surface area (Å²) >= 11 is 0. The number of hydrogen-bond acceptors (Lipinski definition) is 4. The average Bonchev–Trinajstić information content (AvgIpc) is 2.20. The highest BCUT2D eigenvalue weighted by atomic mass is 16.5. The number of nitrogens with zero attached hydrogens (tertiary/aromatic N) is 3. The minimum Gasteiger partial charge on any atom is -0.377 e. The van der Waals surface area contributed by atoms with Crippen molar-refractivity contribution in [2.24, 2.45) is 0 Å². The van der Waals surface area contributed by atoms with Crippen molar-refractivity contribution in [1.82, 2.24) is 9.97 Å². The fourth-order valence-electron chi connectivity index (χ4n) is 1.52. The maximum absolute atomic E-state index is 5.35. The van der Waals surface area contributed by atoms with Crippen molar-refractivity contribution in [2.75, 3.05) is 24.7 Å². The van der Waals surface area contributed by atoms with Crippen LogP contribution in [0.15, 0.2) is 18.6 Å². The van der Waals surface area contributed by atoms with Gasteiger partial charge < -0.3 is 9.64 Å². The van der Waals surface area contributed by atoms with E-state index < -0.39 is 0 Å². The zero-order valence-electron chi connectivity index (χ0n) is 7.68. The quantitative estimate of drug-likeness (QED) is 0.636. The Balaban J connectivity index is 2.15. The van der Waals surface area contributed by atoms with Gasteiger partial charge in [0, 0.05) is 12.7 Å². The Labute approximate surface area is 77.6 Å². The Morgan fingerprint density at radius 3 is 3.23 bits per heavy atom. The second-order valence-electron chi connectivity index (χ2n) is 3.18. The number of aromatic nitrogens is 2. The van der Waals surface area contributed by atoms with Gasteiger partial charge in [-0.05, 0) is 13.0 Å². The van der Waals surface area contributed by atoms with Crippen LogP contribution in [-0.4, -0.2) is 35.8 Å². The van der Waals surface area contributed by atoms with E-state index in [4.69, 9.17) is 4.74 Å². The van der Waals surface area contributed by atoms with Crippen LogP contribution in [0.5, 0.6) is 0 Å². The molecule has 2 rings (SSSR count). The lowest BCUT2D eigenvalue weighted by Crippen LogP contribution is -2.44. The molecule has 1 aromatic rings. The second-order valence-corrected chi connectivity index (χ2v) is 3.18. The van der Waals surface area contributed by atoms with Gasteiger partial charge in [-0.15, -0.1) is 0 Å². The third-order valence-corrected chi connectivity index (χ3v) is 2.23. The minimum atomic E-state index is 0.406. The van der Waals surface area contributed by atoms with Crippen LogP contribution in [-0.2, 0) is 4.74 Å². The van der Waals surface area contributed by atoms with E-state index in [9.17, 15) is 0 Å². The summed E-state index contributed by atoms with van der Waals surface area (Å²) in [6.45, 7) is 4.62. The second kappa shape index (κ2) is 3.70. The fourth-order valence-corrected chi connectivity index (χ4v) is 1.52. The number of hydrogen-bond donors (Lipinski definition) is 0. The summed E-state index contributed by atoms with van der Waals surface area (Å²) < 4.78 is 5.35. The van der Waals surface area contributed by atoms with Crippen molar-refractivity contribution in [3.63, 3.8) is 0 Å². The summed E-state index contributed by atoms with van der Waals surface area (Å²) in [7, 11) is 0. The minimum absolute atomic E-state index is 0.406. The van der Waals surface area contributed by atoms with Crippen LogP contribution in [0.3, 0.4) is 0 Å². The number of ether oxygens (including phenoxy) is 1.